The van der Waals surface area contributed by atoms with Gasteiger partial charge in [-0.3, -0.25) is 9.36 Å². The molecule has 26 heavy (non-hydrogen) atoms. The Kier molecular flexibility index (Phi) is 5.43. The number of para-hydroxylation sites is 1. The van der Waals surface area contributed by atoms with Crippen molar-refractivity contribution in [3.05, 3.63) is 60.3 Å². The van der Waals surface area contributed by atoms with Crippen LogP contribution in [0.2, 0.25) is 0 Å². The van der Waals surface area contributed by atoms with Crippen LogP contribution in [0.25, 0.3) is 5.82 Å². The van der Waals surface area contributed by atoms with Gasteiger partial charge >= 0.3 is 0 Å². The number of benzene rings is 1. The number of amides is 1. The number of ether oxygens (including phenoxy) is 2. The van der Waals surface area contributed by atoms with Gasteiger partial charge in [0.1, 0.15) is 18.5 Å². The molecule has 134 valence electrons. The van der Waals surface area contributed by atoms with Crippen molar-refractivity contribution in [3.8, 4) is 17.3 Å². The molecule has 0 fully saturated rings. The molecule has 1 aromatic carbocycles. The molecule has 2 heterocycles. The highest BCUT2D eigenvalue weighted by Crippen LogP contribution is 2.30. The molecule has 8 heteroatoms. The third-order valence-corrected chi connectivity index (χ3v) is 3.86. The van der Waals surface area contributed by atoms with Crippen molar-refractivity contribution in [1.82, 2.24) is 25.1 Å². The standard InChI is InChI=1S/C18H19N5O3/c1-25-15-5-3-4-13(17(15)26-2)6-9-20-18(24)14-7-8-19-16(10-14)23-11-21-22-12-23/h3-5,7-8,10-12H,6,9H2,1-2H3,(H,20,24). The molecular weight excluding hydrogens is 334 g/mol. The molecule has 0 unspecified atom stereocenters. The first-order valence-electron chi connectivity index (χ1n) is 8.02. The van der Waals surface area contributed by atoms with E-state index in [0.29, 0.717) is 35.8 Å². The number of hydrogen-bond acceptors (Lipinski definition) is 6. The number of pyridine rings is 1. The zero-order valence-electron chi connectivity index (χ0n) is 14.5. The lowest BCUT2D eigenvalue weighted by Gasteiger charge is -2.13. The fourth-order valence-electron chi connectivity index (χ4n) is 2.58. The number of aromatic nitrogens is 4. The number of rotatable bonds is 7. The Labute approximate surface area is 150 Å². The van der Waals surface area contributed by atoms with Crippen LogP contribution in [0, 0.1) is 0 Å². The van der Waals surface area contributed by atoms with E-state index in [9.17, 15) is 4.79 Å². The molecule has 0 atom stereocenters. The van der Waals surface area contributed by atoms with Crippen LogP contribution in [0.15, 0.2) is 49.2 Å². The van der Waals surface area contributed by atoms with E-state index in [0.717, 1.165) is 5.56 Å². The van der Waals surface area contributed by atoms with E-state index < -0.39 is 0 Å². The molecule has 0 saturated carbocycles. The highest BCUT2D eigenvalue weighted by Gasteiger charge is 2.11. The van der Waals surface area contributed by atoms with E-state index in [1.54, 1.807) is 37.1 Å². The lowest BCUT2D eigenvalue weighted by Crippen LogP contribution is -2.26. The summed E-state index contributed by atoms with van der Waals surface area (Å²) in [4.78, 5) is 16.6. The van der Waals surface area contributed by atoms with E-state index in [1.807, 2.05) is 18.2 Å². The second kappa shape index (κ2) is 8.11. The van der Waals surface area contributed by atoms with Crippen LogP contribution in [0.5, 0.6) is 11.5 Å². The Bertz CT molecular complexity index is 880. The van der Waals surface area contributed by atoms with E-state index in [4.69, 9.17) is 9.47 Å². The van der Waals surface area contributed by atoms with Crippen LogP contribution in [0.3, 0.4) is 0 Å². The molecule has 0 saturated heterocycles. The Hall–Kier alpha value is -3.42. The molecule has 3 aromatic rings. The third kappa shape index (κ3) is 3.80. The average molecular weight is 353 g/mol. The average Bonchev–Trinajstić information content (AvgIpc) is 3.22. The minimum atomic E-state index is -0.177. The van der Waals surface area contributed by atoms with Gasteiger partial charge in [-0.05, 0) is 30.2 Å². The van der Waals surface area contributed by atoms with Crippen LogP contribution in [-0.2, 0) is 6.42 Å². The maximum absolute atomic E-state index is 12.4. The van der Waals surface area contributed by atoms with Crippen molar-refractivity contribution in [2.24, 2.45) is 0 Å². The maximum atomic E-state index is 12.4. The zero-order valence-corrected chi connectivity index (χ0v) is 14.5. The van der Waals surface area contributed by atoms with E-state index >= 15 is 0 Å². The van der Waals surface area contributed by atoms with E-state index in [1.165, 1.54) is 12.7 Å². The normalized spacial score (nSPS) is 10.4. The SMILES string of the molecule is COc1cccc(CCNC(=O)c2ccnc(-n3cnnc3)c2)c1OC. The Morgan fingerprint density at radius 1 is 1.15 bits per heavy atom. The monoisotopic (exact) mass is 353 g/mol. The molecule has 0 aliphatic rings. The summed E-state index contributed by atoms with van der Waals surface area (Å²) in [5, 5.41) is 10.4. The van der Waals surface area contributed by atoms with Crippen LogP contribution in [-0.4, -0.2) is 46.4 Å². The van der Waals surface area contributed by atoms with Gasteiger partial charge in [0.25, 0.3) is 5.91 Å². The van der Waals surface area contributed by atoms with Gasteiger partial charge in [-0.25, -0.2) is 4.98 Å². The van der Waals surface area contributed by atoms with Gasteiger partial charge in [0, 0.05) is 18.3 Å². The number of nitrogens with one attached hydrogen (secondary N) is 1. The smallest absolute Gasteiger partial charge is 0.251 e. The molecule has 8 nitrogen and oxygen atoms in total. The summed E-state index contributed by atoms with van der Waals surface area (Å²) in [7, 11) is 3.20. The lowest BCUT2D eigenvalue weighted by atomic mass is 10.1. The summed E-state index contributed by atoms with van der Waals surface area (Å²) in [6.07, 6.45) is 5.25. The highest BCUT2D eigenvalue weighted by molar-refractivity contribution is 5.94. The molecule has 1 amide bonds. The predicted molar refractivity (Wildman–Crippen MR) is 94.7 cm³/mol. The second-order valence-corrected chi connectivity index (χ2v) is 5.43. The Morgan fingerprint density at radius 3 is 2.69 bits per heavy atom. The van der Waals surface area contributed by atoms with Crippen molar-refractivity contribution in [3.63, 3.8) is 0 Å². The number of methoxy groups -OCH3 is 2. The summed E-state index contributed by atoms with van der Waals surface area (Å²) in [6.45, 7) is 0.465. The van der Waals surface area contributed by atoms with Gasteiger partial charge in [-0.1, -0.05) is 12.1 Å². The predicted octanol–water partition coefficient (Wildman–Crippen LogP) is 1.65. The van der Waals surface area contributed by atoms with Crippen LogP contribution < -0.4 is 14.8 Å². The van der Waals surface area contributed by atoms with Crippen molar-refractivity contribution < 1.29 is 14.3 Å². The third-order valence-electron chi connectivity index (χ3n) is 3.86. The first-order chi connectivity index (χ1) is 12.7. The van der Waals surface area contributed by atoms with Gasteiger partial charge in [0.2, 0.25) is 0 Å². The summed E-state index contributed by atoms with van der Waals surface area (Å²) in [6, 6.07) is 9.03. The maximum Gasteiger partial charge on any atom is 0.251 e. The first kappa shape index (κ1) is 17.4. The molecule has 0 aliphatic heterocycles. The van der Waals surface area contributed by atoms with Crippen LogP contribution >= 0.6 is 0 Å². The molecule has 3 rings (SSSR count). The molecule has 1 N–H and O–H groups in total. The summed E-state index contributed by atoms with van der Waals surface area (Å²) >= 11 is 0. The van der Waals surface area contributed by atoms with Gasteiger partial charge in [0.15, 0.2) is 11.5 Å². The summed E-state index contributed by atoms with van der Waals surface area (Å²) in [5.41, 5.74) is 1.48. The fraction of sp³-hybridized carbons (Fsp3) is 0.222. The lowest BCUT2D eigenvalue weighted by molar-refractivity contribution is 0.0954. The van der Waals surface area contributed by atoms with E-state index in [-0.39, 0.29) is 5.91 Å². The molecule has 2 aromatic heterocycles. The van der Waals surface area contributed by atoms with Gasteiger partial charge < -0.3 is 14.8 Å². The number of carbonyl (C=O) groups is 1. The minimum absolute atomic E-state index is 0.177. The zero-order chi connectivity index (χ0) is 18.4. The number of carbonyl (C=O) groups excluding carboxylic acids is 1. The highest BCUT2D eigenvalue weighted by atomic mass is 16.5. The van der Waals surface area contributed by atoms with Gasteiger partial charge in [-0.15, -0.1) is 10.2 Å². The van der Waals surface area contributed by atoms with Crippen molar-refractivity contribution >= 4 is 5.91 Å². The van der Waals surface area contributed by atoms with Gasteiger partial charge in [-0.2, -0.15) is 0 Å². The molecular formula is C18H19N5O3. The van der Waals surface area contributed by atoms with Crippen LogP contribution in [0.1, 0.15) is 15.9 Å². The Balaban J connectivity index is 1.64. The van der Waals surface area contributed by atoms with Crippen molar-refractivity contribution in [1.29, 1.82) is 0 Å². The summed E-state index contributed by atoms with van der Waals surface area (Å²) in [5.74, 6) is 1.76. The Morgan fingerprint density at radius 2 is 1.96 bits per heavy atom. The molecule has 0 aliphatic carbocycles. The minimum Gasteiger partial charge on any atom is -0.493 e. The quantitative estimate of drug-likeness (QED) is 0.694. The number of nitrogens with zero attached hydrogens (tertiary/aromatic N) is 4. The first-order valence-corrected chi connectivity index (χ1v) is 8.02. The molecule has 0 spiro atoms. The van der Waals surface area contributed by atoms with E-state index in [2.05, 4.69) is 20.5 Å². The molecule has 0 radical (unpaired) electrons. The van der Waals surface area contributed by atoms with Gasteiger partial charge in [0.05, 0.1) is 14.2 Å². The molecule has 0 bridgehead atoms. The largest absolute Gasteiger partial charge is 0.493 e. The fourth-order valence-corrected chi connectivity index (χ4v) is 2.58. The van der Waals surface area contributed by atoms with Crippen LogP contribution in [0.4, 0.5) is 0 Å². The van der Waals surface area contributed by atoms with Crippen molar-refractivity contribution in [2.75, 3.05) is 20.8 Å². The summed E-state index contributed by atoms with van der Waals surface area (Å²) < 4.78 is 12.3. The van der Waals surface area contributed by atoms with Crippen molar-refractivity contribution in [2.45, 2.75) is 6.42 Å². The topological polar surface area (TPSA) is 91.2 Å². The number of hydrogen-bond donors (Lipinski definition) is 1. The second-order valence-electron chi connectivity index (χ2n) is 5.43.